The molecule has 1 aliphatic heterocycles. The van der Waals surface area contributed by atoms with Crippen molar-refractivity contribution in [2.24, 2.45) is 5.92 Å². The minimum Gasteiger partial charge on any atom is -0.475 e. The Balaban J connectivity index is 1.63. The van der Waals surface area contributed by atoms with E-state index in [1.165, 1.54) is 12.1 Å². The van der Waals surface area contributed by atoms with Gasteiger partial charge in [0.2, 0.25) is 11.8 Å². The number of anilines is 1. The van der Waals surface area contributed by atoms with E-state index in [1.54, 1.807) is 18.2 Å². The molecule has 10 heteroatoms. The Kier molecular flexibility index (Phi) is 9.08. The monoisotopic (exact) mass is 605 g/mol. The molecule has 4 bridgehead atoms. The minimum absolute atomic E-state index is 0.0159. The number of ether oxygens (including phenoxy) is 1. The van der Waals surface area contributed by atoms with Gasteiger partial charge in [0.05, 0.1) is 16.6 Å². The van der Waals surface area contributed by atoms with E-state index < -0.39 is 10.0 Å². The number of fused-ring (bicyclic) bond motifs is 4. The lowest BCUT2D eigenvalue weighted by atomic mass is 9.87. The van der Waals surface area contributed by atoms with Crippen molar-refractivity contribution in [3.63, 3.8) is 0 Å². The number of aryl methyl sites for hydroxylation is 2. The molecule has 5 rings (SSSR count). The van der Waals surface area contributed by atoms with Crippen molar-refractivity contribution in [2.75, 3.05) is 25.4 Å². The maximum Gasteiger partial charge on any atom is 0.264 e. The number of nitrogens with one attached hydrogen (secondary N) is 1. The number of hydrogen-bond acceptors (Lipinski definition) is 7. The second-order valence-corrected chi connectivity index (χ2v) is 14.2. The number of benzene rings is 2. The number of rotatable bonds is 5. The van der Waals surface area contributed by atoms with Crippen LogP contribution in [0.2, 0.25) is 0 Å². The van der Waals surface area contributed by atoms with Gasteiger partial charge in [-0.15, -0.1) is 0 Å². The molecule has 0 radical (unpaired) electrons. The Labute approximate surface area is 255 Å². The molecule has 1 amide bonds. The molecule has 0 unspecified atom stereocenters. The third-order valence-electron chi connectivity index (χ3n) is 8.64. The Morgan fingerprint density at radius 1 is 1.00 bits per heavy atom. The van der Waals surface area contributed by atoms with E-state index in [1.807, 2.05) is 36.9 Å². The van der Waals surface area contributed by atoms with Gasteiger partial charge in [-0.2, -0.15) is 4.98 Å². The molecule has 2 aliphatic rings. The SMILES string of the molecule is Cc1cccc(C)c1-c1cc2nc(n1)NS(=O)(=O)c1cccc(c1)C(=O)N([C@H]1CC[C@H](N(C)C)CC1)[C@H](CC(C)C)CO2. The summed E-state index contributed by atoms with van der Waals surface area (Å²) >= 11 is 0. The molecule has 1 saturated carbocycles. The standard InChI is InChI=1S/C33H43N5O4S/c1-21(2)17-27-20-42-30-19-29(31-22(3)9-7-10-23(31)4)34-33(35-30)36-43(40,41)28-12-8-11-24(18-28)32(39)38(27)26-15-13-25(14-16-26)37(5)6/h7-12,18-19,21,25-27H,13-17,20H2,1-6H3,(H,34,35,36)/t25-,26-,27-/m1/s1. The summed E-state index contributed by atoms with van der Waals surface area (Å²) in [7, 11) is 0.109. The number of nitrogens with zero attached hydrogens (tertiary/aromatic N) is 4. The molecule has 9 nitrogen and oxygen atoms in total. The Morgan fingerprint density at radius 2 is 1.67 bits per heavy atom. The molecule has 1 fully saturated rings. The first-order chi connectivity index (χ1) is 20.4. The fraction of sp³-hybridized carbons (Fsp3) is 0.485. The normalized spacial score (nSPS) is 22.3. The highest BCUT2D eigenvalue weighted by atomic mass is 32.2. The predicted molar refractivity (Wildman–Crippen MR) is 169 cm³/mol. The fourth-order valence-corrected chi connectivity index (χ4v) is 7.48. The number of aromatic nitrogens is 2. The van der Waals surface area contributed by atoms with E-state index in [9.17, 15) is 13.2 Å². The van der Waals surface area contributed by atoms with Gasteiger partial charge in [0, 0.05) is 29.3 Å². The van der Waals surface area contributed by atoms with Crippen LogP contribution < -0.4 is 9.46 Å². The third-order valence-corrected chi connectivity index (χ3v) is 9.97. The number of hydrogen-bond donors (Lipinski definition) is 1. The van der Waals surface area contributed by atoms with Crippen LogP contribution in [0, 0.1) is 19.8 Å². The number of carbonyl (C=O) groups is 1. The maximum absolute atomic E-state index is 14.3. The lowest BCUT2D eigenvalue weighted by molar-refractivity contribution is 0.0321. The van der Waals surface area contributed by atoms with Crippen LogP contribution >= 0.6 is 0 Å². The highest BCUT2D eigenvalue weighted by molar-refractivity contribution is 7.92. The van der Waals surface area contributed by atoms with Gasteiger partial charge < -0.3 is 14.5 Å². The van der Waals surface area contributed by atoms with E-state index in [2.05, 4.69) is 47.5 Å². The Bertz CT molecular complexity index is 1560. The zero-order valence-corrected chi connectivity index (χ0v) is 26.8. The molecule has 1 atom stereocenters. The minimum atomic E-state index is -4.10. The first kappa shape index (κ1) is 30.9. The van der Waals surface area contributed by atoms with Crippen LogP contribution in [-0.4, -0.2) is 72.9 Å². The second-order valence-electron chi connectivity index (χ2n) is 12.5. The third kappa shape index (κ3) is 6.86. The van der Waals surface area contributed by atoms with E-state index in [-0.39, 0.29) is 41.3 Å². The molecule has 0 spiro atoms. The van der Waals surface area contributed by atoms with Crippen LogP contribution in [0.1, 0.15) is 67.4 Å². The van der Waals surface area contributed by atoms with Gasteiger partial charge in [0.25, 0.3) is 15.9 Å². The summed E-state index contributed by atoms with van der Waals surface area (Å²) in [5.41, 5.74) is 3.82. The molecule has 230 valence electrons. The van der Waals surface area contributed by atoms with Crippen LogP contribution in [-0.2, 0) is 10.0 Å². The van der Waals surface area contributed by atoms with Crippen molar-refractivity contribution < 1.29 is 17.9 Å². The van der Waals surface area contributed by atoms with Gasteiger partial charge in [-0.05, 0) is 95.3 Å². The summed E-state index contributed by atoms with van der Waals surface area (Å²) in [5.74, 6) is 0.310. The van der Waals surface area contributed by atoms with Crippen molar-refractivity contribution in [1.82, 2.24) is 19.8 Å². The summed E-state index contributed by atoms with van der Waals surface area (Å²) in [6.07, 6.45) is 4.46. The van der Waals surface area contributed by atoms with Crippen LogP contribution in [0.15, 0.2) is 53.4 Å². The van der Waals surface area contributed by atoms with Crippen molar-refractivity contribution in [3.8, 4) is 17.1 Å². The van der Waals surface area contributed by atoms with Gasteiger partial charge in [0.15, 0.2) is 0 Å². The molecule has 43 heavy (non-hydrogen) atoms. The first-order valence-electron chi connectivity index (χ1n) is 15.1. The zero-order chi connectivity index (χ0) is 30.9. The van der Waals surface area contributed by atoms with Gasteiger partial charge in [-0.25, -0.2) is 18.1 Å². The highest BCUT2D eigenvalue weighted by Crippen LogP contribution is 2.33. The molecular weight excluding hydrogens is 562 g/mol. The fourth-order valence-electron chi connectivity index (χ4n) is 6.49. The maximum atomic E-state index is 14.3. The lowest BCUT2D eigenvalue weighted by Gasteiger charge is -2.43. The number of sulfonamides is 1. The van der Waals surface area contributed by atoms with Crippen molar-refractivity contribution in [3.05, 3.63) is 65.2 Å². The summed E-state index contributed by atoms with van der Waals surface area (Å²) in [4.78, 5) is 27.7. The van der Waals surface area contributed by atoms with Gasteiger partial charge >= 0.3 is 0 Å². The highest BCUT2D eigenvalue weighted by Gasteiger charge is 2.36. The van der Waals surface area contributed by atoms with Crippen molar-refractivity contribution in [1.29, 1.82) is 0 Å². The van der Waals surface area contributed by atoms with E-state index in [4.69, 9.17) is 4.74 Å². The Hall–Kier alpha value is -3.50. The van der Waals surface area contributed by atoms with Crippen molar-refractivity contribution >= 4 is 21.9 Å². The summed E-state index contributed by atoms with van der Waals surface area (Å²) < 4.78 is 36.1. The Morgan fingerprint density at radius 3 is 2.33 bits per heavy atom. The molecule has 3 aromatic rings. The number of carbonyl (C=O) groups excluding carboxylic acids is 1. The molecule has 2 heterocycles. The molecule has 1 aliphatic carbocycles. The summed E-state index contributed by atoms with van der Waals surface area (Å²) in [6, 6.07) is 14.3. The average Bonchev–Trinajstić information content (AvgIpc) is 2.95. The van der Waals surface area contributed by atoms with Crippen LogP contribution in [0.3, 0.4) is 0 Å². The molecule has 1 N–H and O–H groups in total. The summed E-state index contributed by atoms with van der Waals surface area (Å²) in [5, 5.41) is 0. The van der Waals surface area contributed by atoms with Gasteiger partial charge in [0.1, 0.15) is 6.61 Å². The molecular formula is C33H43N5O4S. The lowest BCUT2D eigenvalue weighted by Crippen LogP contribution is -2.52. The molecule has 2 aromatic carbocycles. The topological polar surface area (TPSA) is 105 Å². The van der Waals surface area contributed by atoms with Crippen molar-refractivity contribution in [2.45, 2.75) is 82.8 Å². The number of amides is 1. The smallest absolute Gasteiger partial charge is 0.264 e. The largest absolute Gasteiger partial charge is 0.475 e. The average molecular weight is 606 g/mol. The quantitative estimate of drug-likeness (QED) is 0.399. The van der Waals surface area contributed by atoms with E-state index >= 15 is 0 Å². The van der Waals surface area contributed by atoms with Crippen LogP contribution in [0.5, 0.6) is 5.88 Å². The molecule has 1 aromatic heterocycles. The second kappa shape index (κ2) is 12.6. The van der Waals surface area contributed by atoms with Gasteiger partial charge in [-0.1, -0.05) is 38.1 Å². The van der Waals surface area contributed by atoms with Crippen LogP contribution in [0.4, 0.5) is 5.95 Å². The van der Waals surface area contributed by atoms with Gasteiger partial charge in [-0.3, -0.25) is 4.79 Å². The zero-order valence-electron chi connectivity index (χ0n) is 26.0. The van der Waals surface area contributed by atoms with E-state index in [0.29, 0.717) is 23.2 Å². The predicted octanol–water partition coefficient (Wildman–Crippen LogP) is 5.68. The summed E-state index contributed by atoms with van der Waals surface area (Å²) in [6.45, 7) is 8.51. The van der Waals surface area contributed by atoms with Crippen LogP contribution in [0.25, 0.3) is 11.3 Å². The first-order valence-corrected chi connectivity index (χ1v) is 16.6. The molecule has 0 saturated heterocycles. The van der Waals surface area contributed by atoms with E-state index in [0.717, 1.165) is 48.8 Å².